The number of likely N-dealkylation sites (tertiary alicyclic amines) is 1. The zero-order valence-corrected chi connectivity index (χ0v) is 13.1. The zero-order valence-electron chi connectivity index (χ0n) is 13.1. The van der Waals surface area contributed by atoms with Gasteiger partial charge in [-0.2, -0.15) is 0 Å². The molecule has 1 saturated carbocycles. The lowest BCUT2D eigenvalue weighted by atomic mass is 10.00. The number of hydrogen-bond donors (Lipinski definition) is 2. The molecule has 0 spiro atoms. The van der Waals surface area contributed by atoms with Crippen LogP contribution in [0.15, 0.2) is 0 Å². The van der Waals surface area contributed by atoms with Gasteiger partial charge >= 0.3 is 0 Å². The van der Waals surface area contributed by atoms with Crippen molar-refractivity contribution in [3.8, 4) is 0 Å². The first-order valence-electron chi connectivity index (χ1n) is 8.62. The Kier molecular flexibility index (Phi) is 4.98. The molecule has 0 aromatic carbocycles. The molecule has 3 atom stereocenters. The van der Waals surface area contributed by atoms with Crippen LogP contribution in [-0.2, 0) is 14.3 Å². The van der Waals surface area contributed by atoms with E-state index < -0.39 is 0 Å². The second kappa shape index (κ2) is 6.96. The highest BCUT2D eigenvalue weighted by Gasteiger charge is 2.37. The Hall–Kier alpha value is -1.14. The first kappa shape index (κ1) is 15.7. The number of piperidine rings is 1. The van der Waals surface area contributed by atoms with Crippen molar-refractivity contribution in [1.82, 2.24) is 10.2 Å². The monoisotopic (exact) mass is 309 g/mol. The van der Waals surface area contributed by atoms with Crippen molar-refractivity contribution in [3.05, 3.63) is 0 Å². The molecule has 2 saturated heterocycles. The molecule has 0 aromatic heterocycles. The van der Waals surface area contributed by atoms with Crippen molar-refractivity contribution in [2.24, 2.45) is 11.7 Å². The molecule has 22 heavy (non-hydrogen) atoms. The average molecular weight is 309 g/mol. The number of nitrogens with two attached hydrogens (primary N) is 1. The second-order valence-corrected chi connectivity index (χ2v) is 6.79. The summed E-state index contributed by atoms with van der Waals surface area (Å²) in [6.07, 6.45) is 6.39. The van der Waals surface area contributed by atoms with Crippen molar-refractivity contribution >= 4 is 11.8 Å². The smallest absolute Gasteiger partial charge is 0.252 e. The summed E-state index contributed by atoms with van der Waals surface area (Å²) in [6.45, 7) is 1.82. The molecule has 3 rings (SSSR count). The number of rotatable bonds is 5. The molecule has 0 bridgehead atoms. The number of amides is 2. The van der Waals surface area contributed by atoms with Crippen LogP contribution in [-0.4, -0.2) is 54.6 Å². The van der Waals surface area contributed by atoms with Crippen LogP contribution in [0.4, 0.5) is 0 Å². The minimum atomic E-state index is -0.350. The molecule has 3 unspecified atom stereocenters. The summed E-state index contributed by atoms with van der Waals surface area (Å²) in [5.41, 5.74) is 6.04. The maximum absolute atomic E-state index is 12.6. The van der Waals surface area contributed by atoms with Gasteiger partial charge in [-0.25, -0.2) is 0 Å². The van der Waals surface area contributed by atoms with E-state index in [4.69, 9.17) is 10.5 Å². The molecule has 1 aliphatic carbocycles. The van der Waals surface area contributed by atoms with Gasteiger partial charge < -0.3 is 20.7 Å². The fourth-order valence-electron chi connectivity index (χ4n) is 3.45. The van der Waals surface area contributed by atoms with Crippen molar-refractivity contribution < 1.29 is 14.3 Å². The van der Waals surface area contributed by atoms with E-state index in [2.05, 4.69) is 5.32 Å². The highest BCUT2D eigenvalue weighted by molar-refractivity contribution is 5.89. The molecule has 3 fully saturated rings. The normalized spacial score (nSPS) is 30.1. The van der Waals surface area contributed by atoms with E-state index in [0.717, 1.165) is 32.1 Å². The van der Waals surface area contributed by atoms with E-state index in [1.165, 1.54) is 12.8 Å². The van der Waals surface area contributed by atoms with Crippen LogP contribution in [0, 0.1) is 5.92 Å². The average Bonchev–Trinajstić information content (AvgIpc) is 3.26. The van der Waals surface area contributed by atoms with E-state index in [0.29, 0.717) is 25.6 Å². The van der Waals surface area contributed by atoms with E-state index in [1.807, 2.05) is 0 Å². The van der Waals surface area contributed by atoms with Crippen LogP contribution in [0.1, 0.15) is 44.9 Å². The van der Waals surface area contributed by atoms with Crippen molar-refractivity contribution in [2.75, 3.05) is 19.7 Å². The number of nitrogens with zero attached hydrogens (tertiary/aromatic N) is 1. The molecule has 3 N–H and O–H groups in total. The number of ether oxygens (including phenoxy) is 1. The molecule has 2 aliphatic heterocycles. The van der Waals surface area contributed by atoms with Crippen molar-refractivity contribution in [1.29, 1.82) is 0 Å². The van der Waals surface area contributed by atoms with Crippen molar-refractivity contribution in [2.45, 2.75) is 63.1 Å². The summed E-state index contributed by atoms with van der Waals surface area (Å²) in [5.74, 6) is 0.502. The second-order valence-electron chi connectivity index (χ2n) is 6.79. The Morgan fingerprint density at radius 3 is 2.68 bits per heavy atom. The number of carbonyl (C=O) groups excluding carboxylic acids is 2. The maximum atomic E-state index is 12.6. The Morgan fingerprint density at radius 2 is 2.00 bits per heavy atom. The summed E-state index contributed by atoms with van der Waals surface area (Å²) in [6, 6.07) is -0.299. The predicted octanol–water partition coefficient (Wildman–Crippen LogP) is 0.400. The van der Waals surface area contributed by atoms with E-state index in [-0.39, 0.29) is 30.0 Å². The largest absolute Gasteiger partial charge is 0.368 e. The third-order valence-corrected chi connectivity index (χ3v) is 5.03. The van der Waals surface area contributed by atoms with Gasteiger partial charge in [0.05, 0.1) is 0 Å². The first-order valence-corrected chi connectivity index (χ1v) is 8.62. The van der Waals surface area contributed by atoms with Gasteiger partial charge in [0.1, 0.15) is 12.1 Å². The van der Waals surface area contributed by atoms with Gasteiger partial charge in [0, 0.05) is 25.7 Å². The summed E-state index contributed by atoms with van der Waals surface area (Å²) in [7, 11) is 0. The van der Waals surface area contributed by atoms with Crippen molar-refractivity contribution in [3.63, 3.8) is 0 Å². The maximum Gasteiger partial charge on any atom is 0.252 e. The summed E-state index contributed by atoms with van der Waals surface area (Å²) in [5, 5.41) is 2.95. The third kappa shape index (κ3) is 3.60. The molecule has 2 heterocycles. The number of nitrogens with one attached hydrogen (secondary N) is 1. The lowest BCUT2D eigenvalue weighted by Crippen LogP contribution is -2.55. The molecule has 0 aromatic rings. The number of hydrogen-bond acceptors (Lipinski definition) is 4. The quantitative estimate of drug-likeness (QED) is 0.770. The lowest BCUT2D eigenvalue weighted by molar-refractivity contribution is -0.149. The van der Waals surface area contributed by atoms with Crippen LogP contribution in [0.25, 0.3) is 0 Å². The lowest BCUT2D eigenvalue weighted by Gasteiger charge is -2.36. The topological polar surface area (TPSA) is 84.7 Å². The van der Waals surface area contributed by atoms with E-state index in [9.17, 15) is 9.59 Å². The van der Waals surface area contributed by atoms with Gasteiger partial charge in [-0.15, -0.1) is 0 Å². The van der Waals surface area contributed by atoms with Crippen LogP contribution >= 0.6 is 0 Å². The Balaban J connectivity index is 1.56. The minimum absolute atomic E-state index is 0.0103. The molecule has 124 valence electrons. The Morgan fingerprint density at radius 1 is 1.18 bits per heavy atom. The van der Waals surface area contributed by atoms with Gasteiger partial charge in [-0.3, -0.25) is 9.59 Å². The molecular formula is C16H27N3O3. The predicted molar refractivity (Wildman–Crippen MR) is 82.0 cm³/mol. The highest BCUT2D eigenvalue weighted by Crippen LogP contribution is 2.31. The fourth-order valence-corrected chi connectivity index (χ4v) is 3.45. The molecule has 0 radical (unpaired) electrons. The molecular weight excluding hydrogens is 282 g/mol. The number of carbonyl (C=O) groups is 2. The van der Waals surface area contributed by atoms with Gasteiger partial charge in [-0.05, 0) is 50.9 Å². The highest BCUT2D eigenvalue weighted by atomic mass is 16.5. The summed E-state index contributed by atoms with van der Waals surface area (Å²) in [4.78, 5) is 26.8. The molecule has 6 heteroatoms. The Labute approximate surface area is 131 Å². The van der Waals surface area contributed by atoms with Gasteiger partial charge in [0.25, 0.3) is 5.91 Å². The third-order valence-electron chi connectivity index (χ3n) is 5.03. The SMILES string of the molecule is NC(CNC(=O)C1CCCCN1C(=O)C1CCCO1)C1CC1. The van der Waals surface area contributed by atoms with Crippen LogP contribution in [0.3, 0.4) is 0 Å². The van der Waals surface area contributed by atoms with Crippen LogP contribution < -0.4 is 11.1 Å². The first-order chi connectivity index (χ1) is 10.7. The van der Waals surface area contributed by atoms with E-state index >= 15 is 0 Å². The van der Waals surface area contributed by atoms with Crippen LogP contribution in [0.2, 0.25) is 0 Å². The van der Waals surface area contributed by atoms with Gasteiger partial charge in [0.2, 0.25) is 5.91 Å². The minimum Gasteiger partial charge on any atom is -0.368 e. The molecule has 3 aliphatic rings. The fraction of sp³-hybridized carbons (Fsp3) is 0.875. The molecule has 6 nitrogen and oxygen atoms in total. The van der Waals surface area contributed by atoms with Crippen LogP contribution in [0.5, 0.6) is 0 Å². The summed E-state index contributed by atoms with van der Waals surface area (Å²) < 4.78 is 5.49. The summed E-state index contributed by atoms with van der Waals surface area (Å²) >= 11 is 0. The van der Waals surface area contributed by atoms with E-state index in [1.54, 1.807) is 4.90 Å². The van der Waals surface area contributed by atoms with Gasteiger partial charge in [-0.1, -0.05) is 0 Å². The standard InChI is InChI=1S/C16H27N3O3/c17-12(11-6-7-11)10-18-15(20)13-4-1-2-8-19(13)16(21)14-5-3-9-22-14/h11-14H,1-10,17H2,(H,18,20). The van der Waals surface area contributed by atoms with Gasteiger partial charge in [0.15, 0.2) is 0 Å². The zero-order chi connectivity index (χ0) is 15.5. The Bertz CT molecular complexity index is 419. The molecule has 2 amide bonds.